The Morgan fingerprint density at radius 3 is 2.25 bits per heavy atom. The number of nitrogens with zero attached hydrogens (tertiary/aromatic N) is 2. The molecular formula is C23H30N4O7S2. The Morgan fingerprint density at radius 1 is 1.00 bits per heavy atom. The van der Waals surface area contributed by atoms with Crippen LogP contribution < -0.4 is 14.9 Å². The molecule has 1 fully saturated rings. The van der Waals surface area contributed by atoms with Gasteiger partial charge in [0.1, 0.15) is 6.54 Å². The molecule has 1 aliphatic heterocycles. The number of sulfonamides is 2. The van der Waals surface area contributed by atoms with E-state index >= 15 is 0 Å². The predicted molar refractivity (Wildman–Crippen MR) is 136 cm³/mol. The minimum atomic E-state index is -3.90. The van der Waals surface area contributed by atoms with Gasteiger partial charge in [0.15, 0.2) is 0 Å². The molecule has 2 aromatic rings. The second-order valence-electron chi connectivity index (χ2n) is 8.13. The van der Waals surface area contributed by atoms with Gasteiger partial charge in [-0.05, 0) is 42.8 Å². The van der Waals surface area contributed by atoms with Gasteiger partial charge in [0.2, 0.25) is 26.0 Å². The molecule has 2 amide bonds. The first-order valence-electron chi connectivity index (χ1n) is 11.4. The topological polar surface area (TPSA) is 142 Å². The highest BCUT2D eigenvalue weighted by atomic mass is 32.2. The molecule has 1 heterocycles. The molecule has 2 N–H and O–H groups in total. The minimum Gasteiger partial charge on any atom is -0.379 e. The fourth-order valence-corrected chi connectivity index (χ4v) is 5.83. The molecular weight excluding hydrogens is 508 g/mol. The lowest BCUT2D eigenvalue weighted by Crippen LogP contribution is -2.40. The van der Waals surface area contributed by atoms with Gasteiger partial charge < -0.3 is 15.4 Å². The summed E-state index contributed by atoms with van der Waals surface area (Å²) >= 11 is 0. The molecule has 0 aliphatic carbocycles. The Labute approximate surface area is 211 Å². The van der Waals surface area contributed by atoms with Gasteiger partial charge in [-0.25, -0.2) is 16.8 Å². The molecule has 0 aromatic heterocycles. The number of anilines is 2. The summed E-state index contributed by atoms with van der Waals surface area (Å²) < 4.78 is 58.0. The van der Waals surface area contributed by atoms with Crippen LogP contribution in [0.2, 0.25) is 0 Å². The second kappa shape index (κ2) is 11.8. The summed E-state index contributed by atoms with van der Waals surface area (Å²) in [6.45, 7) is 2.89. The highest BCUT2D eigenvalue weighted by Crippen LogP contribution is 2.23. The summed E-state index contributed by atoms with van der Waals surface area (Å²) in [5.41, 5.74) is 0.627. The molecule has 1 saturated heterocycles. The van der Waals surface area contributed by atoms with Crippen LogP contribution in [0.4, 0.5) is 11.4 Å². The van der Waals surface area contributed by atoms with E-state index in [0.29, 0.717) is 19.8 Å². The molecule has 13 heteroatoms. The smallest absolute Gasteiger partial charge is 0.253 e. The van der Waals surface area contributed by atoms with Crippen molar-refractivity contribution in [2.75, 3.05) is 55.3 Å². The van der Waals surface area contributed by atoms with E-state index in [-0.39, 0.29) is 40.8 Å². The van der Waals surface area contributed by atoms with Crippen molar-refractivity contribution in [3.8, 4) is 0 Å². The summed E-state index contributed by atoms with van der Waals surface area (Å²) in [5.74, 6) is -1.02. The van der Waals surface area contributed by atoms with Gasteiger partial charge in [0.05, 0.1) is 41.3 Å². The number of carbonyl (C=O) groups is 2. The van der Waals surface area contributed by atoms with Gasteiger partial charge in [-0.2, -0.15) is 4.31 Å². The Bertz CT molecular complexity index is 1290. The molecule has 0 spiro atoms. The van der Waals surface area contributed by atoms with Crippen molar-refractivity contribution in [2.24, 2.45) is 0 Å². The molecule has 1 aliphatic rings. The van der Waals surface area contributed by atoms with Gasteiger partial charge in [-0.1, -0.05) is 19.1 Å². The molecule has 36 heavy (non-hydrogen) atoms. The minimum absolute atomic E-state index is 0.0121. The summed E-state index contributed by atoms with van der Waals surface area (Å²) in [7, 11) is -7.65. The molecule has 0 bridgehead atoms. The maximum atomic E-state index is 12.8. The number of ether oxygens (including phenoxy) is 1. The number of amides is 2. The molecule has 0 radical (unpaired) electrons. The lowest BCUT2D eigenvalue weighted by molar-refractivity contribution is -0.114. The SMILES string of the molecule is CCCNC(=O)c1ccccc1NC(=O)CN(c1ccc(S(=O)(=O)N2CCOCC2)cc1)S(C)(=O)=O. The third-order valence-corrected chi connectivity index (χ3v) is 8.45. The number of carbonyl (C=O) groups excluding carboxylic acids is 2. The summed E-state index contributed by atoms with van der Waals surface area (Å²) in [6.07, 6.45) is 1.70. The third kappa shape index (κ3) is 6.81. The largest absolute Gasteiger partial charge is 0.379 e. The molecule has 0 saturated carbocycles. The summed E-state index contributed by atoms with van der Waals surface area (Å²) in [6, 6.07) is 11.7. The Balaban J connectivity index is 1.78. The highest BCUT2D eigenvalue weighted by molar-refractivity contribution is 7.92. The first-order chi connectivity index (χ1) is 17.0. The van der Waals surface area contributed by atoms with E-state index in [1.54, 1.807) is 24.3 Å². The standard InChI is InChI=1S/C23H30N4O7S2/c1-3-12-24-23(29)20-6-4-5-7-21(20)25-22(28)17-27(35(2,30)31)18-8-10-19(11-9-18)36(32,33)26-13-15-34-16-14-26/h4-11H,3,12-17H2,1-2H3,(H,24,29)(H,25,28). The van der Waals surface area contributed by atoms with Crippen LogP contribution in [-0.4, -0.2) is 78.6 Å². The van der Waals surface area contributed by atoms with Crippen LogP contribution in [0, 0.1) is 0 Å². The predicted octanol–water partition coefficient (Wildman–Crippen LogP) is 1.25. The number of rotatable bonds is 10. The lowest BCUT2D eigenvalue weighted by Gasteiger charge is -2.26. The fourth-order valence-electron chi connectivity index (χ4n) is 3.56. The third-order valence-electron chi connectivity index (χ3n) is 5.40. The summed E-state index contributed by atoms with van der Waals surface area (Å²) in [5, 5.41) is 5.34. The van der Waals surface area contributed by atoms with Crippen molar-refractivity contribution >= 4 is 43.2 Å². The molecule has 196 valence electrons. The van der Waals surface area contributed by atoms with E-state index in [2.05, 4.69) is 10.6 Å². The fraction of sp³-hybridized carbons (Fsp3) is 0.391. The zero-order valence-electron chi connectivity index (χ0n) is 20.1. The molecule has 11 nitrogen and oxygen atoms in total. The quantitative estimate of drug-likeness (QED) is 0.464. The van der Waals surface area contributed by atoms with E-state index in [0.717, 1.165) is 17.0 Å². The maximum absolute atomic E-state index is 12.8. The first kappa shape index (κ1) is 27.6. The monoisotopic (exact) mass is 538 g/mol. The highest BCUT2D eigenvalue weighted by Gasteiger charge is 2.27. The zero-order chi connectivity index (χ0) is 26.3. The number of hydrogen-bond donors (Lipinski definition) is 2. The van der Waals surface area contributed by atoms with E-state index in [9.17, 15) is 26.4 Å². The van der Waals surface area contributed by atoms with Crippen molar-refractivity contribution < 1.29 is 31.2 Å². The van der Waals surface area contributed by atoms with Crippen LogP contribution in [0.3, 0.4) is 0 Å². The van der Waals surface area contributed by atoms with Gasteiger partial charge in [-0.3, -0.25) is 13.9 Å². The Kier molecular flexibility index (Phi) is 9.06. The van der Waals surface area contributed by atoms with Crippen LogP contribution in [0.15, 0.2) is 53.4 Å². The molecule has 0 atom stereocenters. The van der Waals surface area contributed by atoms with Gasteiger partial charge in [0.25, 0.3) is 5.91 Å². The normalized spacial score (nSPS) is 14.7. The van der Waals surface area contributed by atoms with Crippen molar-refractivity contribution in [3.05, 3.63) is 54.1 Å². The van der Waals surface area contributed by atoms with E-state index in [1.807, 2.05) is 6.92 Å². The van der Waals surface area contributed by atoms with Crippen molar-refractivity contribution in [2.45, 2.75) is 18.2 Å². The van der Waals surface area contributed by atoms with Crippen LogP contribution >= 0.6 is 0 Å². The van der Waals surface area contributed by atoms with Crippen molar-refractivity contribution in [1.29, 1.82) is 0 Å². The van der Waals surface area contributed by atoms with E-state index < -0.39 is 32.5 Å². The van der Waals surface area contributed by atoms with Crippen molar-refractivity contribution in [1.82, 2.24) is 9.62 Å². The van der Waals surface area contributed by atoms with Gasteiger partial charge in [0, 0.05) is 19.6 Å². The molecule has 3 rings (SSSR count). The molecule has 0 unspecified atom stereocenters. The Morgan fingerprint density at radius 2 is 1.64 bits per heavy atom. The average Bonchev–Trinajstić information content (AvgIpc) is 2.86. The first-order valence-corrected chi connectivity index (χ1v) is 14.7. The number of hydrogen-bond acceptors (Lipinski definition) is 7. The van der Waals surface area contributed by atoms with Crippen molar-refractivity contribution in [3.63, 3.8) is 0 Å². The second-order valence-corrected chi connectivity index (χ2v) is 12.0. The number of benzene rings is 2. The number of morpholine rings is 1. The number of para-hydroxylation sites is 1. The zero-order valence-corrected chi connectivity index (χ0v) is 21.8. The lowest BCUT2D eigenvalue weighted by atomic mass is 10.1. The maximum Gasteiger partial charge on any atom is 0.253 e. The van der Waals surface area contributed by atoms with Crippen LogP contribution in [0.5, 0.6) is 0 Å². The van der Waals surface area contributed by atoms with E-state index in [4.69, 9.17) is 4.74 Å². The van der Waals surface area contributed by atoms with Crippen LogP contribution in [0.1, 0.15) is 23.7 Å². The Hall–Kier alpha value is -3.00. The van der Waals surface area contributed by atoms with Crippen LogP contribution in [-0.2, 0) is 29.6 Å². The molecule has 2 aromatic carbocycles. The van der Waals surface area contributed by atoms with Gasteiger partial charge in [-0.15, -0.1) is 0 Å². The summed E-state index contributed by atoms with van der Waals surface area (Å²) in [4.78, 5) is 25.2. The number of nitrogens with one attached hydrogen (secondary N) is 2. The van der Waals surface area contributed by atoms with Crippen LogP contribution in [0.25, 0.3) is 0 Å². The van der Waals surface area contributed by atoms with Gasteiger partial charge >= 0.3 is 0 Å². The average molecular weight is 539 g/mol. The van der Waals surface area contributed by atoms with E-state index in [1.165, 1.54) is 28.6 Å².